The molecule has 0 heterocycles. The van der Waals surface area contributed by atoms with Crippen LogP contribution in [0.3, 0.4) is 0 Å². The highest BCUT2D eigenvalue weighted by atomic mass is 16.3. The van der Waals surface area contributed by atoms with Gasteiger partial charge >= 0.3 is 0 Å². The molecule has 0 bridgehead atoms. The molecule has 0 radical (unpaired) electrons. The standard InChI is InChI=1S/C20H17N3O3/c21-14-11-9-13(10-12-14)20(26)23-22-19(15-5-1-3-7-17(15)24)16-6-2-4-8-18(16)25/h1-12,24-25H,21H2,(H,23,26). The van der Waals surface area contributed by atoms with E-state index in [1.807, 2.05) is 0 Å². The van der Waals surface area contributed by atoms with Gasteiger partial charge in [-0.25, -0.2) is 5.43 Å². The number of hydrogen-bond donors (Lipinski definition) is 4. The number of rotatable bonds is 4. The van der Waals surface area contributed by atoms with Crippen molar-refractivity contribution in [3.63, 3.8) is 0 Å². The van der Waals surface area contributed by atoms with E-state index in [-0.39, 0.29) is 17.2 Å². The van der Waals surface area contributed by atoms with Crippen molar-refractivity contribution in [3.8, 4) is 11.5 Å². The molecule has 6 nitrogen and oxygen atoms in total. The summed E-state index contributed by atoms with van der Waals surface area (Å²) < 4.78 is 0. The molecule has 0 aliphatic rings. The zero-order valence-electron chi connectivity index (χ0n) is 13.8. The van der Waals surface area contributed by atoms with Crippen molar-refractivity contribution >= 4 is 17.3 Å². The molecule has 1 amide bonds. The number of nitrogen functional groups attached to an aromatic ring is 1. The normalized spacial score (nSPS) is 10.2. The van der Waals surface area contributed by atoms with Gasteiger partial charge in [0.2, 0.25) is 0 Å². The summed E-state index contributed by atoms with van der Waals surface area (Å²) >= 11 is 0. The lowest BCUT2D eigenvalue weighted by Crippen LogP contribution is -2.20. The maximum absolute atomic E-state index is 12.3. The largest absolute Gasteiger partial charge is 0.507 e. The molecule has 0 saturated heterocycles. The van der Waals surface area contributed by atoms with E-state index in [0.29, 0.717) is 22.4 Å². The van der Waals surface area contributed by atoms with E-state index in [9.17, 15) is 15.0 Å². The molecule has 3 rings (SSSR count). The monoisotopic (exact) mass is 347 g/mol. The molecule has 0 fully saturated rings. The molecule has 3 aromatic carbocycles. The highest BCUT2D eigenvalue weighted by molar-refractivity contribution is 6.16. The molecule has 0 unspecified atom stereocenters. The molecule has 0 aliphatic heterocycles. The quantitative estimate of drug-likeness (QED) is 0.331. The van der Waals surface area contributed by atoms with Gasteiger partial charge in [0.15, 0.2) is 0 Å². The summed E-state index contributed by atoms with van der Waals surface area (Å²) in [6.45, 7) is 0. The number of hydrazone groups is 1. The molecule has 130 valence electrons. The Labute approximate surface area is 150 Å². The van der Waals surface area contributed by atoms with Crippen molar-refractivity contribution in [1.82, 2.24) is 5.43 Å². The first kappa shape index (κ1) is 17.0. The summed E-state index contributed by atoms with van der Waals surface area (Å²) in [5, 5.41) is 24.5. The Morgan fingerprint density at radius 3 is 1.81 bits per heavy atom. The summed E-state index contributed by atoms with van der Waals surface area (Å²) in [5.41, 5.74) is 10.0. The summed E-state index contributed by atoms with van der Waals surface area (Å²) in [6, 6.07) is 19.5. The van der Waals surface area contributed by atoms with E-state index in [1.54, 1.807) is 60.7 Å². The topological polar surface area (TPSA) is 108 Å². The molecule has 26 heavy (non-hydrogen) atoms. The molecule has 5 N–H and O–H groups in total. The average molecular weight is 347 g/mol. The highest BCUT2D eigenvalue weighted by Gasteiger charge is 2.15. The molecule has 0 aliphatic carbocycles. The average Bonchev–Trinajstić information content (AvgIpc) is 2.65. The first-order valence-electron chi connectivity index (χ1n) is 7.86. The van der Waals surface area contributed by atoms with Gasteiger partial charge in [0, 0.05) is 22.4 Å². The minimum Gasteiger partial charge on any atom is -0.507 e. The zero-order chi connectivity index (χ0) is 18.5. The van der Waals surface area contributed by atoms with Gasteiger partial charge in [-0.3, -0.25) is 4.79 Å². The van der Waals surface area contributed by atoms with E-state index in [0.717, 1.165) is 0 Å². The lowest BCUT2D eigenvalue weighted by Gasteiger charge is -2.11. The Bertz CT molecular complexity index is 919. The van der Waals surface area contributed by atoms with Crippen molar-refractivity contribution < 1.29 is 15.0 Å². The van der Waals surface area contributed by atoms with Crippen LogP contribution in [-0.2, 0) is 0 Å². The molecule has 0 atom stereocenters. The predicted molar refractivity (Wildman–Crippen MR) is 100 cm³/mol. The van der Waals surface area contributed by atoms with Crippen molar-refractivity contribution in [2.45, 2.75) is 0 Å². The van der Waals surface area contributed by atoms with E-state index in [4.69, 9.17) is 5.73 Å². The summed E-state index contributed by atoms with van der Waals surface area (Å²) in [7, 11) is 0. The lowest BCUT2D eigenvalue weighted by atomic mass is 10.0. The molecule has 0 aromatic heterocycles. The fraction of sp³-hybridized carbons (Fsp3) is 0. The number of nitrogens with zero attached hydrogens (tertiary/aromatic N) is 1. The number of phenols is 2. The smallest absolute Gasteiger partial charge is 0.271 e. The maximum atomic E-state index is 12.3. The lowest BCUT2D eigenvalue weighted by molar-refractivity contribution is 0.0955. The third kappa shape index (κ3) is 3.64. The van der Waals surface area contributed by atoms with E-state index < -0.39 is 5.91 Å². The van der Waals surface area contributed by atoms with Gasteiger partial charge in [0.05, 0.1) is 0 Å². The van der Waals surface area contributed by atoms with Crippen LogP contribution in [0.2, 0.25) is 0 Å². The van der Waals surface area contributed by atoms with Gasteiger partial charge in [-0.15, -0.1) is 0 Å². The van der Waals surface area contributed by atoms with Crippen molar-refractivity contribution in [1.29, 1.82) is 0 Å². The summed E-state index contributed by atoms with van der Waals surface area (Å²) in [4.78, 5) is 12.3. The number of para-hydroxylation sites is 2. The maximum Gasteiger partial charge on any atom is 0.271 e. The Kier molecular flexibility index (Phi) is 4.85. The van der Waals surface area contributed by atoms with Crippen LogP contribution in [0.4, 0.5) is 5.69 Å². The number of phenolic OH excluding ortho intramolecular Hbond substituents is 2. The first-order chi connectivity index (χ1) is 12.6. The van der Waals surface area contributed by atoms with Crippen LogP contribution >= 0.6 is 0 Å². The third-order valence-corrected chi connectivity index (χ3v) is 3.76. The Balaban J connectivity index is 1.99. The SMILES string of the molecule is Nc1ccc(C(=O)NN=C(c2ccccc2O)c2ccccc2O)cc1. The first-order valence-corrected chi connectivity index (χ1v) is 7.86. The highest BCUT2D eigenvalue weighted by Crippen LogP contribution is 2.25. The summed E-state index contributed by atoms with van der Waals surface area (Å²) in [6.07, 6.45) is 0. The number of carbonyl (C=O) groups excluding carboxylic acids is 1. The van der Waals surface area contributed by atoms with Gasteiger partial charge in [-0.05, 0) is 48.5 Å². The Hall–Kier alpha value is -3.80. The van der Waals surface area contributed by atoms with Gasteiger partial charge in [0.25, 0.3) is 5.91 Å². The van der Waals surface area contributed by atoms with Gasteiger partial charge in [-0.2, -0.15) is 5.10 Å². The van der Waals surface area contributed by atoms with Crippen LogP contribution in [0.15, 0.2) is 77.9 Å². The van der Waals surface area contributed by atoms with Crippen LogP contribution in [0.1, 0.15) is 21.5 Å². The Morgan fingerprint density at radius 2 is 1.31 bits per heavy atom. The molecular formula is C20H17N3O3. The number of aromatic hydroxyl groups is 2. The van der Waals surface area contributed by atoms with Crippen LogP contribution in [-0.4, -0.2) is 21.8 Å². The van der Waals surface area contributed by atoms with Crippen LogP contribution < -0.4 is 11.2 Å². The van der Waals surface area contributed by atoms with Gasteiger partial charge in [0.1, 0.15) is 17.2 Å². The molecule has 0 spiro atoms. The zero-order valence-corrected chi connectivity index (χ0v) is 13.8. The number of nitrogens with two attached hydrogens (primary N) is 1. The van der Waals surface area contributed by atoms with E-state index in [2.05, 4.69) is 10.5 Å². The van der Waals surface area contributed by atoms with Gasteiger partial charge in [-0.1, -0.05) is 24.3 Å². The number of hydrogen-bond acceptors (Lipinski definition) is 5. The Morgan fingerprint density at radius 1 is 0.808 bits per heavy atom. The van der Waals surface area contributed by atoms with E-state index >= 15 is 0 Å². The number of benzene rings is 3. The van der Waals surface area contributed by atoms with Crippen molar-refractivity contribution in [2.75, 3.05) is 5.73 Å². The number of amides is 1. The third-order valence-electron chi connectivity index (χ3n) is 3.76. The summed E-state index contributed by atoms with van der Waals surface area (Å²) in [5.74, 6) is -0.471. The minimum absolute atomic E-state index is 0.0174. The van der Waals surface area contributed by atoms with Crippen molar-refractivity contribution in [3.05, 3.63) is 89.5 Å². The van der Waals surface area contributed by atoms with Crippen LogP contribution in [0.5, 0.6) is 11.5 Å². The minimum atomic E-state index is -0.437. The van der Waals surface area contributed by atoms with E-state index in [1.165, 1.54) is 12.1 Å². The fourth-order valence-corrected chi connectivity index (χ4v) is 2.42. The second-order valence-electron chi connectivity index (χ2n) is 5.56. The fourth-order valence-electron chi connectivity index (χ4n) is 2.42. The number of carbonyl (C=O) groups is 1. The van der Waals surface area contributed by atoms with Crippen LogP contribution in [0, 0.1) is 0 Å². The molecular weight excluding hydrogens is 330 g/mol. The number of nitrogens with one attached hydrogen (secondary N) is 1. The molecule has 3 aromatic rings. The number of anilines is 1. The van der Waals surface area contributed by atoms with Crippen LogP contribution in [0.25, 0.3) is 0 Å². The predicted octanol–water partition coefficient (Wildman–Crippen LogP) is 2.86. The van der Waals surface area contributed by atoms with Gasteiger partial charge < -0.3 is 15.9 Å². The van der Waals surface area contributed by atoms with Crippen molar-refractivity contribution in [2.24, 2.45) is 5.10 Å². The second kappa shape index (κ2) is 7.40. The second-order valence-corrected chi connectivity index (χ2v) is 5.56. The molecule has 0 saturated carbocycles. The molecule has 6 heteroatoms.